The first-order chi connectivity index (χ1) is 12.5. The topological polar surface area (TPSA) is 86.3 Å². The van der Waals surface area contributed by atoms with Crippen molar-refractivity contribution < 1.29 is 14.7 Å². The van der Waals surface area contributed by atoms with Crippen molar-refractivity contribution in [2.45, 2.75) is 6.54 Å². The fraction of sp³-hybridized carbons (Fsp3) is 0.105. The molecular formula is C19H16ClN3O3. The van der Waals surface area contributed by atoms with Crippen LogP contribution in [0.3, 0.4) is 0 Å². The van der Waals surface area contributed by atoms with Crippen LogP contribution in [0.5, 0.6) is 0 Å². The molecule has 2 aromatic carbocycles. The van der Waals surface area contributed by atoms with Crippen LogP contribution in [0.4, 0.5) is 0 Å². The van der Waals surface area contributed by atoms with E-state index >= 15 is 0 Å². The Balaban J connectivity index is 1.93. The molecule has 1 amide bonds. The summed E-state index contributed by atoms with van der Waals surface area (Å²) in [6.07, 6.45) is 0. The molecule has 26 heavy (non-hydrogen) atoms. The lowest BCUT2D eigenvalue weighted by molar-refractivity contribution is 0.0674. The molecule has 3 aromatic rings. The van der Waals surface area contributed by atoms with E-state index in [1.807, 2.05) is 30.3 Å². The van der Waals surface area contributed by atoms with E-state index in [9.17, 15) is 14.7 Å². The number of amides is 1. The molecule has 0 unspecified atom stereocenters. The fourth-order valence-corrected chi connectivity index (χ4v) is 2.76. The second-order valence-electron chi connectivity index (χ2n) is 5.77. The number of aromatic nitrogens is 2. The highest BCUT2D eigenvalue weighted by atomic mass is 35.5. The molecule has 132 valence electrons. The van der Waals surface area contributed by atoms with Gasteiger partial charge in [0.1, 0.15) is 5.82 Å². The normalized spacial score (nSPS) is 10.5. The fourth-order valence-electron chi connectivity index (χ4n) is 2.57. The van der Waals surface area contributed by atoms with Crippen LogP contribution in [0.25, 0.3) is 11.4 Å². The van der Waals surface area contributed by atoms with Crippen LogP contribution in [-0.4, -0.2) is 38.9 Å². The summed E-state index contributed by atoms with van der Waals surface area (Å²) in [6.45, 7) is 0.345. The van der Waals surface area contributed by atoms with Crippen molar-refractivity contribution >= 4 is 23.5 Å². The van der Waals surface area contributed by atoms with Crippen LogP contribution >= 0.6 is 11.6 Å². The lowest BCUT2D eigenvalue weighted by Crippen LogP contribution is -2.28. The lowest BCUT2D eigenvalue weighted by atomic mass is 10.2. The number of imidazole rings is 1. The quantitative estimate of drug-likeness (QED) is 0.718. The van der Waals surface area contributed by atoms with Crippen molar-refractivity contribution in [1.29, 1.82) is 0 Å². The van der Waals surface area contributed by atoms with Crippen molar-refractivity contribution in [1.82, 2.24) is 14.9 Å². The number of rotatable bonds is 5. The van der Waals surface area contributed by atoms with Crippen LogP contribution < -0.4 is 0 Å². The SMILES string of the molecule is CN(Cc1ccccc1)C(=O)c1nc(-c2cccc(Cl)c2)[nH]c1C(=O)O. The zero-order valence-corrected chi connectivity index (χ0v) is 14.7. The lowest BCUT2D eigenvalue weighted by Gasteiger charge is -2.16. The minimum atomic E-state index is -1.25. The number of carboxylic acid groups (broad SMARTS) is 1. The number of nitrogens with zero attached hydrogens (tertiary/aromatic N) is 2. The summed E-state index contributed by atoms with van der Waals surface area (Å²) in [5, 5.41) is 9.92. The molecule has 0 aliphatic carbocycles. The molecule has 0 saturated heterocycles. The van der Waals surface area contributed by atoms with Crippen molar-refractivity contribution in [3.05, 3.63) is 76.6 Å². The molecule has 0 spiro atoms. The molecule has 0 saturated carbocycles. The summed E-state index contributed by atoms with van der Waals surface area (Å²) in [5.74, 6) is -1.45. The minimum Gasteiger partial charge on any atom is -0.477 e. The van der Waals surface area contributed by atoms with E-state index in [4.69, 9.17) is 11.6 Å². The van der Waals surface area contributed by atoms with Gasteiger partial charge >= 0.3 is 5.97 Å². The Kier molecular flexibility index (Phi) is 5.04. The van der Waals surface area contributed by atoms with Gasteiger partial charge in [-0.05, 0) is 17.7 Å². The van der Waals surface area contributed by atoms with Crippen LogP contribution in [0.2, 0.25) is 5.02 Å². The number of carbonyl (C=O) groups is 2. The van der Waals surface area contributed by atoms with Gasteiger partial charge < -0.3 is 15.0 Å². The van der Waals surface area contributed by atoms with Gasteiger partial charge in [-0.3, -0.25) is 4.79 Å². The zero-order chi connectivity index (χ0) is 18.7. The highest BCUT2D eigenvalue weighted by molar-refractivity contribution is 6.30. The van der Waals surface area contributed by atoms with E-state index in [0.29, 0.717) is 17.1 Å². The van der Waals surface area contributed by atoms with Gasteiger partial charge in [-0.15, -0.1) is 0 Å². The average molecular weight is 370 g/mol. The Hall–Kier alpha value is -3.12. The van der Waals surface area contributed by atoms with E-state index in [0.717, 1.165) is 5.56 Å². The molecule has 0 aliphatic heterocycles. The molecule has 0 fully saturated rings. The number of nitrogens with one attached hydrogen (secondary N) is 1. The van der Waals surface area contributed by atoms with E-state index < -0.39 is 11.9 Å². The van der Waals surface area contributed by atoms with Crippen LogP contribution in [0.15, 0.2) is 54.6 Å². The molecule has 3 rings (SSSR count). The average Bonchev–Trinajstić information content (AvgIpc) is 3.07. The number of aromatic amines is 1. The van der Waals surface area contributed by atoms with Gasteiger partial charge in [-0.1, -0.05) is 54.1 Å². The number of H-pyrrole nitrogens is 1. The third-order valence-electron chi connectivity index (χ3n) is 3.83. The number of hydrogen-bond acceptors (Lipinski definition) is 3. The first-order valence-corrected chi connectivity index (χ1v) is 8.22. The predicted octanol–water partition coefficient (Wildman–Crippen LogP) is 3.70. The molecule has 1 aromatic heterocycles. The van der Waals surface area contributed by atoms with Gasteiger partial charge in [0.15, 0.2) is 11.4 Å². The molecule has 6 nitrogen and oxygen atoms in total. The third kappa shape index (κ3) is 3.75. The summed E-state index contributed by atoms with van der Waals surface area (Å²) in [5.41, 5.74) is 1.16. The molecule has 0 atom stereocenters. The molecular weight excluding hydrogens is 354 g/mol. The molecule has 0 radical (unpaired) electrons. The molecule has 0 bridgehead atoms. The van der Waals surface area contributed by atoms with Crippen molar-refractivity contribution in [2.75, 3.05) is 7.05 Å². The number of carbonyl (C=O) groups excluding carboxylic acids is 1. The molecule has 7 heteroatoms. The zero-order valence-electron chi connectivity index (χ0n) is 13.9. The van der Waals surface area contributed by atoms with Crippen molar-refractivity contribution in [3.8, 4) is 11.4 Å². The summed E-state index contributed by atoms with van der Waals surface area (Å²) in [6, 6.07) is 16.2. The number of carboxylic acids is 1. The van der Waals surface area contributed by atoms with Gasteiger partial charge in [0.05, 0.1) is 0 Å². The first kappa shape index (κ1) is 17.7. The largest absolute Gasteiger partial charge is 0.477 e. The van der Waals surface area contributed by atoms with Gasteiger partial charge in [0.25, 0.3) is 5.91 Å². The smallest absolute Gasteiger partial charge is 0.354 e. The Morgan fingerprint density at radius 2 is 1.88 bits per heavy atom. The summed E-state index contributed by atoms with van der Waals surface area (Å²) in [7, 11) is 1.61. The highest BCUT2D eigenvalue weighted by Crippen LogP contribution is 2.22. The van der Waals surface area contributed by atoms with Crippen molar-refractivity contribution in [3.63, 3.8) is 0 Å². The molecule has 0 aliphatic rings. The number of benzene rings is 2. The van der Waals surface area contributed by atoms with E-state index in [-0.39, 0.29) is 17.2 Å². The first-order valence-electron chi connectivity index (χ1n) is 7.84. The minimum absolute atomic E-state index is 0.133. The Morgan fingerprint density at radius 3 is 2.54 bits per heavy atom. The maximum Gasteiger partial charge on any atom is 0.354 e. The van der Waals surface area contributed by atoms with Crippen molar-refractivity contribution in [2.24, 2.45) is 0 Å². The summed E-state index contributed by atoms with van der Waals surface area (Å²) in [4.78, 5) is 32.6. The second kappa shape index (κ2) is 7.41. The molecule has 1 heterocycles. The Labute approximate surface area is 155 Å². The van der Waals surface area contributed by atoms with Gasteiger partial charge in [-0.25, -0.2) is 9.78 Å². The maximum absolute atomic E-state index is 12.7. The number of hydrogen-bond donors (Lipinski definition) is 2. The standard InChI is InChI=1S/C19H16ClN3O3/c1-23(11-12-6-3-2-4-7-12)18(24)15-16(19(25)26)22-17(21-15)13-8-5-9-14(20)10-13/h2-10H,11H2,1H3,(H,21,22)(H,25,26). The van der Waals surface area contributed by atoms with Crippen LogP contribution in [0, 0.1) is 0 Å². The summed E-state index contributed by atoms with van der Waals surface area (Å²) < 4.78 is 0. The van der Waals surface area contributed by atoms with Gasteiger partial charge in [0.2, 0.25) is 0 Å². The molecule has 2 N–H and O–H groups in total. The summed E-state index contributed by atoms with van der Waals surface area (Å²) >= 11 is 5.97. The van der Waals surface area contributed by atoms with E-state index in [1.165, 1.54) is 4.90 Å². The Morgan fingerprint density at radius 1 is 1.15 bits per heavy atom. The number of aromatic carboxylic acids is 1. The van der Waals surface area contributed by atoms with Gasteiger partial charge in [0, 0.05) is 24.2 Å². The maximum atomic E-state index is 12.7. The second-order valence-corrected chi connectivity index (χ2v) is 6.21. The highest BCUT2D eigenvalue weighted by Gasteiger charge is 2.25. The predicted molar refractivity (Wildman–Crippen MR) is 98.2 cm³/mol. The van der Waals surface area contributed by atoms with Crippen LogP contribution in [-0.2, 0) is 6.54 Å². The Bertz CT molecular complexity index is 954. The van der Waals surface area contributed by atoms with Gasteiger partial charge in [-0.2, -0.15) is 0 Å². The third-order valence-corrected chi connectivity index (χ3v) is 4.06. The monoisotopic (exact) mass is 369 g/mol. The van der Waals surface area contributed by atoms with E-state index in [1.54, 1.807) is 31.3 Å². The number of halogens is 1. The van der Waals surface area contributed by atoms with E-state index in [2.05, 4.69) is 9.97 Å². The van der Waals surface area contributed by atoms with Crippen LogP contribution in [0.1, 0.15) is 26.5 Å².